The minimum absolute atomic E-state index is 0.243. The van der Waals surface area contributed by atoms with Gasteiger partial charge >= 0.3 is 0 Å². The summed E-state index contributed by atoms with van der Waals surface area (Å²) in [5.74, 6) is 0. The number of nitrogens with zero attached hydrogens (tertiary/aromatic N) is 1. The van der Waals surface area contributed by atoms with Crippen molar-refractivity contribution >= 4 is 22.9 Å². The monoisotopic (exact) mass is 274 g/mol. The minimum atomic E-state index is 0.243. The normalized spacial score (nSPS) is 12.4. The van der Waals surface area contributed by atoms with E-state index >= 15 is 0 Å². The van der Waals surface area contributed by atoms with Crippen LogP contribution in [0.1, 0.15) is 32.1 Å². The third-order valence-corrected chi connectivity index (χ3v) is 4.25. The third kappa shape index (κ3) is 5.87. The Labute approximate surface area is 114 Å². The number of halogens is 1. The molecule has 0 saturated carbocycles. The molecule has 0 spiro atoms. The van der Waals surface area contributed by atoms with Gasteiger partial charge in [-0.25, -0.2) is 0 Å². The highest BCUT2D eigenvalue weighted by molar-refractivity contribution is 7.16. The van der Waals surface area contributed by atoms with Crippen LogP contribution in [0.25, 0.3) is 0 Å². The first-order valence-corrected chi connectivity index (χ1v) is 7.30. The molecule has 1 rings (SSSR count). The molecular weight excluding hydrogens is 252 g/mol. The molecule has 1 heterocycles. The molecule has 0 radical (unpaired) electrons. The van der Waals surface area contributed by atoms with Gasteiger partial charge < -0.3 is 10.2 Å². The molecule has 17 heavy (non-hydrogen) atoms. The van der Waals surface area contributed by atoms with E-state index in [9.17, 15) is 0 Å². The van der Waals surface area contributed by atoms with Crippen molar-refractivity contribution in [2.24, 2.45) is 0 Å². The predicted molar refractivity (Wildman–Crippen MR) is 78.0 cm³/mol. The first-order valence-electron chi connectivity index (χ1n) is 6.11. The highest BCUT2D eigenvalue weighted by Crippen LogP contribution is 2.22. The molecular formula is C13H23ClN2S. The zero-order valence-corrected chi connectivity index (χ0v) is 12.8. The van der Waals surface area contributed by atoms with E-state index in [-0.39, 0.29) is 5.54 Å². The maximum absolute atomic E-state index is 5.91. The molecule has 0 aromatic carbocycles. The van der Waals surface area contributed by atoms with E-state index in [1.165, 1.54) is 4.88 Å². The second-order valence-electron chi connectivity index (χ2n) is 5.11. The lowest BCUT2D eigenvalue weighted by atomic mass is 10.0. The highest BCUT2D eigenvalue weighted by Gasteiger charge is 2.13. The van der Waals surface area contributed by atoms with Gasteiger partial charge in [-0.1, -0.05) is 18.5 Å². The lowest BCUT2D eigenvalue weighted by Crippen LogP contribution is -2.42. The molecule has 4 heteroatoms. The largest absolute Gasteiger partial charge is 0.311 e. The average Bonchev–Trinajstić information content (AvgIpc) is 2.63. The van der Waals surface area contributed by atoms with Crippen LogP contribution in [-0.4, -0.2) is 30.6 Å². The lowest BCUT2D eigenvalue weighted by molar-refractivity contribution is 0.295. The Kier molecular flexibility index (Phi) is 5.93. The van der Waals surface area contributed by atoms with Crippen LogP contribution in [0.3, 0.4) is 0 Å². The van der Waals surface area contributed by atoms with Crippen molar-refractivity contribution in [3.63, 3.8) is 0 Å². The Bertz CT molecular complexity index is 336. The van der Waals surface area contributed by atoms with Gasteiger partial charge in [0.15, 0.2) is 0 Å². The Morgan fingerprint density at radius 3 is 2.65 bits per heavy atom. The lowest BCUT2D eigenvalue weighted by Gasteiger charge is -2.26. The molecule has 0 aliphatic rings. The summed E-state index contributed by atoms with van der Waals surface area (Å²) in [6.45, 7) is 9.75. The van der Waals surface area contributed by atoms with Crippen LogP contribution in [0.4, 0.5) is 0 Å². The molecule has 0 aliphatic heterocycles. The van der Waals surface area contributed by atoms with Gasteiger partial charge in [0.1, 0.15) is 0 Å². The van der Waals surface area contributed by atoms with E-state index in [2.05, 4.69) is 44.1 Å². The van der Waals surface area contributed by atoms with Gasteiger partial charge in [0.2, 0.25) is 0 Å². The number of hydrogen-bond donors (Lipinski definition) is 1. The number of thiophene rings is 1. The quantitative estimate of drug-likeness (QED) is 0.817. The van der Waals surface area contributed by atoms with Crippen LogP contribution in [-0.2, 0) is 6.54 Å². The van der Waals surface area contributed by atoms with Crippen LogP contribution >= 0.6 is 22.9 Å². The van der Waals surface area contributed by atoms with Crippen LogP contribution in [0.15, 0.2) is 12.1 Å². The molecule has 98 valence electrons. The van der Waals surface area contributed by atoms with Crippen molar-refractivity contribution < 1.29 is 0 Å². The Morgan fingerprint density at radius 1 is 1.41 bits per heavy atom. The SMILES string of the molecule is CCC(C)(C)NCCN(C)Cc1ccc(Cl)s1. The van der Waals surface area contributed by atoms with Crippen molar-refractivity contribution in [2.75, 3.05) is 20.1 Å². The van der Waals surface area contributed by atoms with Gasteiger partial charge in [0.05, 0.1) is 4.34 Å². The van der Waals surface area contributed by atoms with Gasteiger partial charge in [-0.15, -0.1) is 11.3 Å². The third-order valence-electron chi connectivity index (χ3n) is 3.04. The van der Waals surface area contributed by atoms with Crippen molar-refractivity contribution in [3.05, 3.63) is 21.3 Å². The van der Waals surface area contributed by atoms with Gasteiger partial charge in [-0.2, -0.15) is 0 Å². The smallest absolute Gasteiger partial charge is 0.0931 e. The zero-order valence-electron chi connectivity index (χ0n) is 11.2. The first kappa shape index (κ1) is 15.0. The number of rotatable bonds is 7. The maximum Gasteiger partial charge on any atom is 0.0931 e. The molecule has 1 aromatic heterocycles. The maximum atomic E-state index is 5.91. The van der Waals surface area contributed by atoms with E-state index in [4.69, 9.17) is 11.6 Å². The van der Waals surface area contributed by atoms with E-state index in [1.807, 2.05) is 6.07 Å². The summed E-state index contributed by atoms with van der Waals surface area (Å²) in [6.07, 6.45) is 1.15. The molecule has 1 N–H and O–H groups in total. The Balaban J connectivity index is 2.24. The molecule has 0 saturated heterocycles. The second-order valence-corrected chi connectivity index (χ2v) is 6.91. The summed E-state index contributed by atoms with van der Waals surface area (Å²) in [4.78, 5) is 3.65. The summed E-state index contributed by atoms with van der Waals surface area (Å²) in [5.41, 5.74) is 0.243. The fourth-order valence-electron chi connectivity index (χ4n) is 1.49. The van der Waals surface area contributed by atoms with Gasteiger partial charge in [-0.05, 0) is 39.4 Å². The fraction of sp³-hybridized carbons (Fsp3) is 0.692. The highest BCUT2D eigenvalue weighted by atomic mass is 35.5. The molecule has 0 amide bonds. The van der Waals surface area contributed by atoms with E-state index in [0.717, 1.165) is 30.4 Å². The molecule has 2 nitrogen and oxygen atoms in total. The molecule has 0 fully saturated rings. The molecule has 0 bridgehead atoms. The fourth-order valence-corrected chi connectivity index (χ4v) is 2.66. The van der Waals surface area contributed by atoms with Crippen LogP contribution in [0.5, 0.6) is 0 Å². The summed E-state index contributed by atoms with van der Waals surface area (Å²) in [6, 6.07) is 4.07. The van der Waals surface area contributed by atoms with Gasteiger partial charge in [0, 0.05) is 30.1 Å². The standard InChI is InChI=1S/C13H23ClN2S/c1-5-13(2,3)15-8-9-16(4)10-11-6-7-12(14)17-11/h6-7,15H,5,8-10H2,1-4H3. The molecule has 1 aromatic rings. The number of nitrogens with one attached hydrogen (secondary N) is 1. The van der Waals surface area contributed by atoms with E-state index in [1.54, 1.807) is 11.3 Å². The minimum Gasteiger partial charge on any atom is -0.311 e. The predicted octanol–water partition coefficient (Wildman–Crippen LogP) is 3.61. The molecule has 0 atom stereocenters. The van der Waals surface area contributed by atoms with Crippen molar-refractivity contribution in [2.45, 2.75) is 39.3 Å². The van der Waals surface area contributed by atoms with Gasteiger partial charge in [-0.3, -0.25) is 0 Å². The topological polar surface area (TPSA) is 15.3 Å². The number of hydrogen-bond acceptors (Lipinski definition) is 3. The molecule has 0 aliphatic carbocycles. The van der Waals surface area contributed by atoms with Crippen LogP contribution < -0.4 is 5.32 Å². The van der Waals surface area contributed by atoms with Crippen LogP contribution in [0.2, 0.25) is 4.34 Å². The Morgan fingerprint density at radius 2 is 2.12 bits per heavy atom. The summed E-state index contributed by atoms with van der Waals surface area (Å²) < 4.78 is 0.874. The summed E-state index contributed by atoms with van der Waals surface area (Å²) in [7, 11) is 2.15. The Hall–Kier alpha value is -0.0900. The second kappa shape index (κ2) is 6.74. The zero-order chi connectivity index (χ0) is 12.9. The van der Waals surface area contributed by atoms with Crippen molar-refractivity contribution in [1.29, 1.82) is 0 Å². The summed E-state index contributed by atoms with van der Waals surface area (Å²) in [5, 5.41) is 3.57. The number of likely N-dealkylation sites (N-methyl/N-ethyl adjacent to an activating group) is 1. The van der Waals surface area contributed by atoms with Gasteiger partial charge in [0.25, 0.3) is 0 Å². The van der Waals surface area contributed by atoms with Crippen LogP contribution in [0, 0.1) is 0 Å². The van der Waals surface area contributed by atoms with Crippen molar-refractivity contribution in [3.8, 4) is 0 Å². The first-order chi connectivity index (χ1) is 7.93. The van der Waals surface area contributed by atoms with E-state index in [0.29, 0.717) is 0 Å². The average molecular weight is 275 g/mol. The van der Waals surface area contributed by atoms with E-state index < -0.39 is 0 Å². The molecule has 0 unspecified atom stereocenters. The van der Waals surface area contributed by atoms with Crippen molar-refractivity contribution in [1.82, 2.24) is 10.2 Å². The summed E-state index contributed by atoms with van der Waals surface area (Å²) >= 11 is 7.58.